The van der Waals surface area contributed by atoms with Crippen molar-refractivity contribution in [3.8, 4) is 0 Å². The lowest BCUT2D eigenvalue weighted by molar-refractivity contribution is -0.201. The zero-order valence-corrected chi connectivity index (χ0v) is 15.7. The van der Waals surface area contributed by atoms with E-state index in [0.717, 1.165) is 0 Å². The van der Waals surface area contributed by atoms with Gasteiger partial charge in [0.25, 0.3) is 21.9 Å². The van der Waals surface area contributed by atoms with Crippen LogP contribution in [0, 0.1) is 11.8 Å². The second kappa shape index (κ2) is 7.59. The van der Waals surface area contributed by atoms with Crippen molar-refractivity contribution in [1.29, 1.82) is 0 Å². The number of hydroxylamine groups is 2. The molecule has 0 spiro atoms. The zero-order chi connectivity index (χ0) is 20.6. The van der Waals surface area contributed by atoms with Gasteiger partial charge in [0, 0.05) is 19.4 Å². The smallest absolute Gasteiger partial charge is 0.330 e. The van der Waals surface area contributed by atoms with Crippen LogP contribution in [0.1, 0.15) is 44.9 Å². The molecule has 3 fully saturated rings. The van der Waals surface area contributed by atoms with Crippen LogP contribution in [0.25, 0.3) is 0 Å². The van der Waals surface area contributed by atoms with Crippen LogP contribution in [0.5, 0.6) is 0 Å². The molecule has 154 valence electrons. The summed E-state index contributed by atoms with van der Waals surface area (Å²) in [6.45, 7) is 0.318. The Morgan fingerprint density at radius 3 is 2.07 bits per heavy atom. The average molecular weight is 416 g/mol. The Bertz CT molecular complexity index is 813. The Morgan fingerprint density at radius 1 is 1.00 bits per heavy atom. The Morgan fingerprint density at radius 2 is 1.57 bits per heavy atom. The minimum absolute atomic E-state index is 0.0639. The number of amides is 4. The first kappa shape index (κ1) is 20.4. The maximum absolute atomic E-state index is 12.3. The van der Waals surface area contributed by atoms with Crippen LogP contribution in [0.15, 0.2) is 0 Å². The van der Waals surface area contributed by atoms with Crippen molar-refractivity contribution in [3.63, 3.8) is 0 Å². The van der Waals surface area contributed by atoms with E-state index < -0.39 is 45.5 Å². The van der Waals surface area contributed by atoms with Crippen LogP contribution in [0.4, 0.5) is 0 Å². The molecule has 2 saturated heterocycles. The van der Waals surface area contributed by atoms with Crippen LogP contribution in [0.3, 0.4) is 0 Å². The molecule has 11 nitrogen and oxygen atoms in total. The number of carbonyl (C=O) groups is 5. The van der Waals surface area contributed by atoms with E-state index in [1.54, 1.807) is 0 Å². The lowest BCUT2D eigenvalue weighted by Crippen LogP contribution is -2.39. The van der Waals surface area contributed by atoms with Crippen molar-refractivity contribution < 1.29 is 41.8 Å². The molecule has 1 atom stereocenters. The lowest BCUT2D eigenvalue weighted by Gasteiger charge is -2.29. The third-order valence-corrected chi connectivity index (χ3v) is 6.47. The molecular formula is C16H20N2O9S. The number of hydrogen-bond donors (Lipinski definition) is 1. The summed E-state index contributed by atoms with van der Waals surface area (Å²) in [4.78, 5) is 65.3. The molecule has 0 unspecified atom stereocenters. The topological polar surface area (TPSA) is 155 Å². The van der Waals surface area contributed by atoms with Crippen molar-refractivity contribution in [2.24, 2.45) is 11.8 Å². The van der Waals surface area contributed by atoms with Gasteiger partial charge in [0.2, 0.25) is 11.8 Å². The molecule has 1 aliphatic carbocycles. The fourth-order valence-electron chi connectivity index (χ4n) is 3.74. The molecule has 0 radical (unpaired) electrons. The molecule has 3 aliphatic rings. The van der Waals surface area contributed by atoms with E-state index in [2.05, 4.69) is 0 Å². The fourth-order valence-corrected chi connectivity index (χ4v) is 4.44. The molecule has 2 aliphatic heterocycles. The lowest BCUT2D eigenvalue weighted by atomic mass is 9.82. The number of likely N-dealkylation sites (tertiary alicyclic amines) is 1. The third kappa shape index (κ3) is 4.07. The summed E-state index contributed by atoms with van der Waals surface area (Å²) in [5, 5.41) is -1.85. The number of carbonyl (C=O) groups excluding carboxylic acids is 5. The SMILES string of the molecule is O=C(ON1C(=O)C[C@@H](S(=O)(=O)O)C1=O)C1CCC(CN2C(=O)CCC2=O)CC1. The van der Waals surface area contributed by atoms with Gasteiger partial charge < -0.3 is 4.84 Å². The Balaban J connectivity index is 1.52. The van der Waals surface area contributed by atoms with Crippen LogP contribution in [-0.4, -0.2) is 64.3 Å². The van der Waals surface area contributed by atoms with Crippen molar-refractivity contribution in [1.82, 2.24) is 9.96 Å². The van der Waals surface area contributed by atoms with Crippen LogP contribution >= 0.6 is 0 Å². The van der Waals surface area contributed by atoms with Crippen molar-refractivity contribution in [2.75, 3.05) is 6.54 Å². The van der Waals surface area contributed by atoms with Crippen molar-refractivity contribution in [3.05, 3.63) is 0 Å². The van der Waals surface area contributed by atoms with Gasteiger partial charge in [-0.25, -0.2) is 4.79 Å². The summed E-state index contributed by atoms with van der Waals surface area (Å²) in [5.74, 6) is -4.04. The van der Waals surface area contributed by atoms with E-state index in [-0.39, 0.29) is 35.6 Å². The predicted molar refractivity (Wildman–Crippen MR) is 89.3 cm³/mol. The average Bonchev–Trinajstić information content (AvgIpc) is 3.09. The minimum atomic E-state index is -4.77. The van der Waals surface area contributed by atoms with Crippen LogP contribution in [-0.2, 0) is 38.9 Å². The molecule has 0 bridgehead atoms. The zero-order valence-electron chi connectivity index (χ0n) is 14.9. The fraction of sp³-hybridized carbons (Fsp3) is 0.688. The molecule has 0 aromatic carbocycles. The van der Waals surface area contributed by atoms with Crippen LogP contribution < -0.4 is 0 Å². The summed E-state index contributed by atoms with van der Waals surface area (Å²) in [5.41, 5.74) is 0. The maximum Gasteiger partial charge on any atom is 0.336 e. The van der Waals surface area contributed by atoms with E-state index in [1.807, 2.05) is 0 Å². The maximum atomic E-state index is 12.3. The highest BCUT2D eigenvalue weighted by molar-refractivity contribution is 7.87. The van der Waals surface area contributed by atoms with Gasteiger partial charge in [-0.1, -0.05) is 0 Å². The van der Waals surface area contributed by atoms with E-state index in [0.29, 0.717) is 32.2 Å². The number of rotatable bonds is 5. The summed E-state index contributed by atoms with van der Waals surface area (Å²) in [7, 11) is -4.77. The van der Waals surface area contributed by atoms with E-state index in [9.17, 15) is 32.4 Å². The van der Waals surface area contributed by atoms with Gasteiger partial charge in [-0.15, -0.1) is 5.06 Å². The summed E-state index contributed by atoms with van der Waals surface area (Å²) in [6, 6.07) is 0. The number of nitrogens with zero attached hydrogens (tertiary/aromatic N) is 2. The largest absolute Gasteiger partial charge is 0.336 e. The summed E-state index contributed by atoms with van der Waals surface area (Å²) < 4.78 is 31.2. The highest BCUT2D eigenvalue weighted by Crippen LogP contribution is 2.32. The first-order chi connectivity index (χ1) is 13.1. The van der Waals surface area contributed by atoms with Crippen molar-refractivity contribution in [2.45, 2.75) is 50.2 Å². The molecular weight excluding hydrogens is 396 g/mol. The molecule has 1 N–H and O–H groups in total. The van der Waals surface area contributed by atoms with E-state index in [4.69, 9.17) is 9.39 Å². The summed E-state index contributed by atoms with van der Waals surface area (Å²) in [6.07, 6.45) is 1.57. The molecule has 2 heterocycles. The number of imide groups is 2. The molecule has 4 amide bonds. The first-order valence-corrected chi connectivity index (χ1v) is 10.5. The Labute approximate surface area is 160 Å². The van der Waals surface area contributed by atoms with Gasteiger partial charge in [0.05, 0.1) is 12.3 Å². The van der Waals surface area contributed by atoms with Crippen LogP contribution in [0.2, 0.25) is 0 Å². The Hall–Kier alpha value is -2.34. The molecule has 28 heavy (non-hydrogen) atoms. The minimum Gasteiger partial charge on any atom is -0.330 e. The molecule has 12 heteroatoms. The first-order valence-electron chi connectivity index (χ1n) is 8.96. The van der Waals surface area contributed by atoms with E-state index in [1.165, 1.54) is 4.90 Å². The quantitative estimate of drug-likeness (QED) is 0.457. The van der Waals surface area contributed by atoms with Gasteiger partial charge in [0.15, 0.2) is 5.25 Å². The monoisotopic (exact) mass is 416 g/mol. The molecule has 1 saturated carbocycles. The predicted octanol–water partition coefficient (Wildman–Crippen LogP) is -0.585. The van der Waals surface area contributed by atoms with Gasteiger partial charge in [0.1, 0.15) is 0 Å². The van der Waals surface area contributed by atoms with Gasteiger partial charge >= 0.3 is 5.97 Å². The second-order valence-electron chi connectivity index (χ2n) is 7.26. The van der Waals surface area contributed by atoms with Crippen molar-refractivity contribution >= 4 is 39.7 Å². The Kier molecular flexibility index (Phi) is 5.53. The summed E-state index contributed by atoms with van der Waals surface area (Å²) >= 11 is 0. The van der Waals surface area contributed by atoms with Gasteiger partial charge in [-0.2, -0.15) is 8.42 Å². The van der Waals surface area contributed by atoms with Gasteiger partial charge in [-0.3, -0.25) is 28.6 Å². The second-order valence-corrected chi connectivity index (χ2v) is 8.86. The third-order valence-electron chi connectivity index (χ3n) is 5.38. The highest BCUT2D eigenvalue weighted by atomic mass is 32.2. The van der Waals surface area contributed by atoms with E-state index >= 15 is 0 Å². The molecule has 0 aromatic rings. The number of hydrogen-bond acceptors (Lipinski definition) is 8. The molecule has 0 aromatic heterocycles. The standard InChI is InChI=1S/C16H20N2O9S/c19-12-5-6-13(20)17(12)8-9-1-3-10(4-2-9)16(23)27-18-14(21)7-11(15(18)22)28(24,25)26/h9-11H,1-8H2,(H,24,25,26)/t9?,10?,11-/m1/s1. The molecule has 3 rings (SSSR count). The normalized spacial score (nSPS) is 29.0. The van der Waals surface area contributed by atoms with Gasteiger partial charge in [-0.05, 0) is 31.6 Å². The highest BCUT2D eigenvalue weighted by Gasteiger charge is 2.49.